The van der Waals surface area contributed by atoms with Crippen molar-refractivity contribution in [2.24, 2.45) is 0 Å². The van der Waals surface area contributed by atoms with Crippen LogP contribution in [0.5, 0.6) is 17.2 Å². The molecule has 216 valence electrons. The number of ether oxygens (including phenoxy) is 1. The van der Waals surface area contributed by atoms with Crippen molar-refractivity contribution < 1.29 is 45.4 Å². The number of anilines is 1. The minimum absolute atomic E-state index is 0.0485. The van der Waals surface area contributed by atoms with Gasteiger partial charge in [0.1, 0.15) is 28.9 Å². The molecule has 1 aromatic heterocycles. The molecule has 1 heterocycles. The summed E-state index contributed by atoms with van der Waals surface area (Å²) in [6.07, 6.45) is -4.64. The van der Waals surface area contributed by atoms with Crippen LogP contribution in [0.15, 0.2) is 77.7 Å². The molecule has 1 amide bonds. The summed E-state index contributed by atoms with van der Waals surface area (Å²) >= 11 is 0. The number of carbonyl (C=O) groups is 1. The van der Waals surface area contributed by atoms with E-state index >= 15 is 0 Å². The third kappa shape index (κ3) is 7.65. The number of benzene rings is 3. The highest BCUT2D eigenvalue weighted by Crippen LogP contribution is 2.45. The van der Waals surface area contributed by atoms with E-state index in [1.807, 2.05) is 0 Å². The molecule has 0 unspecified atom stereocenters. The van der Waals surface area contributed by atoms with E-state index in [-0.39, 0.29) is 28.6 Å². The molecule has 6 nitrogen and oxygen atoms in total. The number of phenols is 1. The van der Waals surface area contributed by atoms with Gasteiger partial charge < -0.3 is 20.1 Å². The molecule has 0 fully saturated rings. The van der Waals surface area contributed by atoms with E-state index < -0.39 is 46.3 Å². The number of pyridine rings is 1. The lowest BCUT2D eigenvalue weighted by Gasteiger charge is -2.21. The zero-order valence-corrected chi connectivity index (χ0v) is 21.2. The average molecular weight is 582 g/mol. The summed E-state index contributed by atoms with van der Waals surface area (Å²) in [5, 5.41) is 11.2. The van der Waals surface area contributed by atoms with Gasteiger partial charge in [-0.1, -0.05) is 6.07 Å². The Morgan fingerprint density at radius 2 is 1.46 bits per heavy atom. The summed E-state index contributed by atoms with van der Waals surface area (Å²) in [7, 11) is 0. The molecule has 0 spiro atoms. The number of hydrogen-bond donors (Lipinski definition) is 3. The molecule has 13 heteroatoms. The maximum absolute atomic E-state index is 13.9. The maximum atomic E-state index is 13.9. The molecular weight excluding hydrogens is 561 g/mol. The van der Waals surface area contributed by atoms with Crippen LogP contribution in [0, 0.1) is 25.5 Å². The van der Waals surface area contributed by atoms with Crippen molar-refractivity contribution >= 4 is 11.6 Å². The highest BCUT2D eigenvalue weighted by Gasteiger charge is 2.58. The van der Waals surface area contributed by atoms with Crippen LogP contribution in [-0.4, -0.2) is 22.2 Å². The van der Waals surface area contributed by atoms with E-state index in [4.69, 9.17) is 9.84 Å². The zero-order valence-electron chi connectivity index (χ0n) is 21.2. The monoisotopic (exact) mass is 582 g/mol. The number of carbonyl (C=O) groups excluding carboxylic acids is 1. The van der Waals surface area contributed by atoms with Gasteiger partial charge in [-0.15, -0.1) is 0 Å². The predicted octanol–water partition coefficient (Wildman–Crippen LogP) is 7.36. The third-order valence-corrected chi connectivity index (χ3v) is 5.49. The fraction of sp³-hybridized carbons (Fsp3) is 0.143. The fourth-order valence-electron chi connectivity index (χ4n) is 3.34. The molecule has 41 heavy (non-hydrogen) atoms. The van der Waals surface area contributed by atoms with Gasteiger partial charge in [-0.05, 0) is 79.6 Å². The first-order chi connectivity index (χ1) is 19.1. The van der Waals surface area contributed by atoms with Gasteiger partial charge >= 0.3 is 12.1 Å². The van der Waals surface area contributed by atoms with Crippen molar-refractivity contribution in [1.82, 2.24) is 4.98 Å². The molecule has 4 rings (SSSR count). The Morgan fingerprint density at radius 3 is 2.02 bits per heavy atom. The maximum Gasteiger partial charge on any atom is 0.458 e. The summed E-state index contributed by atoms with van der Waals surface area (Å²) in [6, 6.07) is 11.0. The van der Waals surface area contributed by atoms with Gasteiger partial charge in [0.15, 0.2) is 0 Å². The molecule has 0 radical (unpaired) electrons. The van der Waals surface area contributed by atoms with Crippen LogP contribution < -0.4 is 15.6 Å². The first-order valence-electron chi connectivity index (χ1n) is 11.6. The van der Waals surface area contributed by atoms with Crippen LogP contribution in [0.4, 0.5) is 36.4 Å². The van der Waals surface area contributed by atoms with Crippen LogP contribution in [0.25, 0.3) is 0 Å². The number of nitrogens with one attached hydrogen (secondary N) is 2. The van der Waals surface area contributed by atoms with Gasteiger partial charge in [0.05, 0.1) is 5.56 Å². The fourth-order valence-corrected chi connectivity index (χ4v) is 3.34. The van der Waals surface area contributed by atoms with Crippen LogP contribution >= 0.6 is 0 Å². The Labute approximate surface area is 228 Å². The van der Waals surface area contributed by atoms with E-state index in [1.54, 1.807) is 6.92 Å². The first kappa shape index (κ1) is 30.7. The van der Waals surface area contributed by atoms with Crippen LogP contribution in [0.1, 0.15) is 27.0 Å². The van der Waals surface area contributed by atoms with Crippen LogP contribution in [0.3, 0.4) is 0 Å². The van der Waals surface area contributed by atoms with Crippen molar-refractivity contribution in [2.75, 3.05) is 5.32 Å². The Balaban J connectivity index is 0.000000436. The molecule has 0 bridgehead atoms. The number of amides is 1. The smallest absolute Gasteiger partial charge is 0.458 e. The quantitative estimate of drug-likeness (QED) is 0.215. The number of rotatable bonds is 5. The van der Waals surface area contributed by atoms with Gasteiger partial charge in [-0.25, -0.2) is 8.78 Å². The Bertz CT molecular complexity index is 1620. The zero-order chi connectivity index (χ0) is 30.5. The summed E-state index contributed by atoms with van der Waals surface area (Å²) in [5.74, 6) is -7.65. The van der Waals surface area contributed by atoms with Crippen molar-refractivity contribution in [3.8, 4) is 17.2 Å². The molecule has 0 saturated heterocycles. The number of alkyl halides is 5. The summed E-state index contributed by atoms with van der Waals surface area (Å²) in [4.78, 5) is 26.4. The van der Waals surface area contributed by atoms with E-state index in [0.29, 0.717) is 17.7 Å². The lowest BCUT2D eigenvalue weighted by Crippen LogP contribution is -2.33. The molecule has 0 aliphatic carbocycles. The molecule has 0 aliphatic rings. The number of phenolic OH excluding ortho intramolecular Hbond substituents is 1. The topological polar surface area (TPSA) is 91.4 Å². The van der Waals surface area contributed by atoms with Gasteiger partial charge in [0, 0.05) is 23.5 Å². The summed E-state index contributed by atoms with van der Waals surface area (Å²) < 4.78 is 97.2. The standard InChI is InChI=1S/C21H14F6N2O3.C7H7FO/c1-11-8-13(22)3-5-16(11)32-17-9-12(20(23,24)21(25,26)27)2-4-15(17)19(31)29-14-6-7-28-18(30)10-14;1-5-4-6(8)2-3-7(5)9/h2-10H,1H3,(H2,28,29,30,31);2-4,9H,1H3. The van der Waals surface area contributed by atoms with Crippen molar-refractivity contribution in [3.05, 3.63) is 117 Å². The van der Waals surface area contributed by atoms with Crippen molar-refractivity contribution in [1.29, 1.82) is 0 Å². The highest BCUT2D eigenvalue weighted by molar-refractivity contribution is 6.06. The van der Waals surface area contributed by atoms with Crippen LogP contribution in [-0.2, 0) is 5.92 Å². The molecular formula is C28H21F7N2O4. The van der Waals surface area contributed by atoms with E-state index in [1.165, 1.54) is 37.4 Å². The average Bonchev–Trinajstić information content (AvgIpc) is 2.88. The normalized spacial score (nSPS) is 11.3. The second-order valence-electron chi connectivity index (χ2n) is 8.62. The Morgan fingerprint density at radius 1 is 0.829 bits per heavy atom. The summed E-state index contributed by atoms with van der Waals surface area (Å²) in [6.45, 7) is 3.07. The largest absolute Gasteiger partial charge is 0.508 e. The second-order valence-corrected chi connectivity index (χ2v) is 8.62. The molecule has 0 atom stereocenters. The number of hydrogen-bond acceptors (Lipinski definition) is 4. The van der Waals surface area contributed by atoms with Gasteiger partial charge in [0.25, 0.3) is 5.91 Å². The minimum atomic E-state index is -5.88. The number of aromatic amines is 1. The number of aromatic nitrogens is 1. The van der Waals surface area contributed by atoms with Crippen molar-refractivity contribution in [3.63, 3.8) is 0 Å². The van der Waals surface area contributed by atoms with Gasteiger partial charge in [0.2, 0.25) is 5.56 Å². The minimum Gasteiger partial charge on any atom is -0.508 e. The highest BCUT2D eigenvalue weighted by atomic mass is 19.4. The SMILES string of the molecule is Cc1cc(F)ccc1O.Cc1cc(F)ccc1Oc1cc(C(F)(F)C(F)(F)F)ccc1C(=O)Nc1cc[nH]c(=O)c1. The molecule has 3 N–H and O–H groups in total. The second kappa shape index (κ2) is 12.1. The van der Waals surface area contributed by atoms with E-state index in [0.717, 1.165) is 30.3 Å². The molecule has 0 saturated carbocycles. The third-order valence-electron chi connectivity index (χ3n) is 5.49. The Hall–Kier alpha value is -4.81. The molecule has 4 aromatic rings. The van der Waals surface area contributed by atoms with E-state index in [2.05, 4.69) is 10.3 Å². The lowest BCUT2D eigenvalue weighted by atomic mass is 10.0. The summed E-state index contributed by atoms with van der Waals surface area (Å²) in [5.41, 5.74) is -1.56. The number of halogens is 7. The first-order valence-corrected chi connectivity index (χ1v) is 11.6. The van der Waals surface area contributed by atoms with Gasteiger partial charge in [-0.3, -0.25) is 9.59 Å². The van der Waals surface area contributed by atoms with Crippen LogP contribution in [0.2, 0.25) is 0 Å². The number of H-pyrrole nitrogens is 1. The lowest BCUT2D eigenvalue weighted by molar-refractivity contribution is -0.289. The Kier molecular flexibility index (Phi) is 9.10. The van der Waals surface area contributed by atoms with E-state index in [9.17, 15) is 40.3 Å². The molecule has 3 aromatic carbocycles. The number of aromatic hydroxyl groups is 1. The predicted molar refractivity (Wildman–Crippen MR) is 135 cm³/mol. The van der Waals surface area contributed by atoms with Crippen molar-refractivity contribution in [2.45, 2.75) is 25.9 Å². The molecule has 0 aliphatic heterocycles. The number of aryl methyl sites for hydroxylation is 2. The van der Waals surface area contributed by atoms with Gasteiger partial charge in [-0.2, -0.15) is 22.0 Å².